The first kappa shape index (κ1) is 10.4. The van der Waals surface area contributed by atoms with Gasteiger partial charge >= 0.3 is 5.69 Å². The zero-order chi connectivity index (χ0) is 11.7. The smallest absolute Gasteiger partial charge is 0.303 e. The monoisotopic (exact) mass is 217 g/mol. The first-order chi connectivity index (χ1) is 7.59. The fourth-order valence-corrected chi connectivity index (χ4v) is 1.37. The van der Waals surface area contributed by atoms with E-state index < -0.39 is 5.69 Å². The van der Waals surface area contributed by atoms with E-state index in [1.54, 1.807) is 25.4 Å². The number of pyridine rings is 1. The number of hydrogen-bond donors (Lipinski definition) is 0. The predicted octanol–water partition coefficient (Wildman–Crippen LogP) is 0.240. The quantitative estimate of drug-likeness (QED) is 0.687. The largest absolute Gasteiger partial charge is 0.336 e. The van der Waals surface area contributed by atoms with E-state index in [4.69, 9.17) is 0 Å². The average Bonchev–Trinajstić information content (AvgIpc) is 2.27. The van der Waals surface area contributed by atoms with Crippen LogP contribution in [0.1, 0.15) is 5.56 Å². The topological polar surface area (TPSA) is 56.9 Å². The van der Waals surface area contributed by atoms with Crippen molar-refractivity contribution in [2.45, 2.75) is 6.92 Å². The summed E-state index contributed by atoms with van der Waals surface area (Å²) in [5.41, 5.74) is 0.202. The first-order valence-electron chi connectivity index (χ1n) is 4.81. The standard InChI is InChI=1S/C11H11N3O2/c1-8-3-4-9(12-7-8)14-10(15)5-6-13(2)11(14)16/h3-7H,1-2H3. The summed E-state index contributed by atoms with van der Waals surface area (Å²) in [6.45, 7) is 1.89. The third-order valence-electron chi connectivity index (χ3n) is 2.28. The van der Waals surface area contributed by atoms with E-state index in [1.165, 1.54) is 16.8 Å². The number of aromatic nitrogens is 3. The zero-order valence-corrected chi connectivity index (χ0v) is 9.04. The summed E-state index contributed by atoms with van der Waals surface area (Å²) in [5.74, 6) is 0.344. The molecule has 2 rings (SSSR count). The van der Waals surface area contributed by atoms with Crippen molar-refractivity contribution in [3.8, 4) is 5.82 Å². The number of rotatable bonds is 1. The Morgan fingerprint density at radius 3 is 2.56 bits per heavy atom. The molecule has 5 heteroatoms. The molecule has 0 spiro atoms. The normalized spacial score (nSPS) is 10.4. The van der Waals surface area contributed by atoms with Crippen molar-refractivity contribution in [3.63, 3.8) is 0 Å². The number of hydrogen-bond acceptors (Lipinski definition) is 3. The molecule has 0 aliphatic rings. The van der Waals surface area contributed by atoms with Crippen LogP contribution in [-0.4, -0.2) is 14.1 Å². The molecule has 0 fully saturated rings. The Morgan fingerprint density at radius 2 is 1.94 bits per heavy atom. The Hall–Kier alpha value is -2.17. The second kappa shape index (κ2) is 3.77. The molecular formula is C11H11N3O2. The Kier molecular flexibility index (Phi) is 2.44. The number of nitrogens with zero attached hydrogens (tertiary/aromatic N) is 3. The molecule has 2 aromatic rings. The van der Waals surface area contributed by atoms with Crippen molar-refractivity contribution in [2.75, 3.05) is 0 Å². The van der Waals surface area contributed by atoms with Gasteiger partial charge in [-0.1, -0.05) is 6.07 Å². The van der Waals surface area contributed by atoms with Crippen LogP contribution >= 0.6 is 0 Å². The van der Waals surface area contributed by atoms with Gasteiger partial charge in [0.2, 0.25) is 0 Å². The van der Waals surface area contributed by atoms with Crippen molar-refractivity contribution < 1.29 is 0 Å². The van der Waals surface area contributed by atoms with Gasteiger partial charge in [-0.05, 0) is 18.6 Å². The molecule has 0 saturated carbocycles. The summed E-state index contributed by atoms with van der Waals surface area (Å²) in [7, 11) is 1.59. The van der Waals surface area contributed by atoms with Crippen LogP contribution < -0.4 is 11.2 Å². The molecule has 5 nitrogen and oxygen atoms in total. The highest BCUT2D eigenvalue weighted by atomic mass is 16.2. The molecule has 0 unspecified atom stereocenters. The van der Waals surface area contributed by atoms with Crippen LogP contribution in [0.4, 0.5) is 0 Å². The van der Waals surface area contributed by atoms with Gasteiger partial charge < -0.3 is 4.57 Å². The second-order valence-corrected chi connectivity index (χ2v) is 3.58. The Bertz CT molecular complexity index is 623. The van der Waals surface area contributed by atoms with Crippen molar-refractivity contribution in [1.82, 2.24) is 14.1 Å². The van der Waals surface area contributed by atoms with E-state index in [-0.39, 0.29) is 5.56 Å². The molecule has 0 bridgehead atoms. The maximum Gasteiger partial charge on any atom is 0.336 e. The van der Waals surface area contributed by atoms with Crippen LogP contribution in [0, 0.1) is 6.92 Å². The fraction of sp³-hybridized carbons (Fsp3) is 0.182. The fourth-order valence-electron chi connectivity index (χ4n) is 1.37. The zero-order valence-electron chi connectivity index (χ0n) is 9.04. The molecule has 2 aromatic heterocycles. The molecule has 0 saturated heterocycles. The van der Waals surface area contributed by atoms with Gasteiger partial charge in [-0.15, -0.1) is 0 Å². The molecule has 0 N–H and O–H groups in total. The molecule has 2 heterocycles. The summed E-state index contributed by atoms with van der Waals surface area (Å²) in [6.07, 6.45) is 3.06. The summed E-state index contributed by atoms with van der Waals surface area (Å²) < 4.78 is 2.38. The molecule has 0 aromatic carbocycles. The van der Waals surface area contributed by atoms with Crippen molar-refractivity contribution in [3.05, 3.63) is 57.0 Å². The predicted molar refractivity (Wildman–Crippen MR) is 59.8 cm³/mol. The van der Waals surface area contributed by atoms with Gasteiger partial charge in [-0.3, -0.25) is 4.79 Å². The molecule has 82 valence electrons. The Labute approximate surface area is 91.6 Å². The summed E-state index contributed by atoms with van der Waals surface area (Å²) in [6, 6.07) is 4.79. The maximum absolute atomic E-state index is 11.8. The second-order valence-electron chi connectivity index (χ2n) is 3.58. The van der Waals surface area contributed by atoms with E-state index in [1.807, 2.05) is 6.92 Å². The van der Waals surface area contributed by atoms with Crippen molar-refractivity contribution in [2.24, 2.45) is 7.05 Å². The molecule has 0 atom stereocenters. The third-order valence-corrected chi connectivity index (χ3v) is 2.28. The highest BCUT2D eigenvalue weighted by Crippen LogP contribution is 1.99. The summed E-state index contributed by atoms with van der Waals surface area (Å²) >= 11 is 0. The van der Waals surface area contributed by atoms with E-state index >= 15 is 0 Å². The first-order valence-corrected chi connectivity index (χ1v) is 4.81. The molecular weight excluding hydrogens is 206 g/mol. The van der Waals surface area contributed by atoms with Gasteiger partial charge in [0.05, 0.1) is 0 Å². The summed E-state index contributed by atoms with van der Waals surface area (Å²) in [5, 5.41) is 0. The minimum atomic E-state index is -0.399. The van der Waals surface area contributed by atoms with E-state index in [0.29, 0.717) is 5.82 Å². The van der Waals surface area contributed by atoms with Gasteiger partial charge in [0.25, 0.3) is 5.56 Å². The van der Waals surface area contributed by atoms with E-state index in [9.17, 15) is 9.59 Å². The highest BCUT2D eigenvalue weighted by molar-refractivity contribution is 5.24. The van der Waals surface area contributed by atoms with Crippen LogP contribution in [-0.2, 0) is 7.05 Å². The molecule has 0 amide bonds. The van der Waals surface area contributed by atoms with Crippen LogP contribution in [0.2, 0.25) is 0 Å². The Balaban J connectivity index is 2.74. The van der Waals surface area contributed by atoms with Gasteiger partial charge in [0, 0.05) is 25.5 Å². The maximum atomic E-state index is 11.8. The van der Waals surface area contributed by atoms with Gasteiger partial charge in [0.1, 0.15) is 5.82 Å². The lowest BCUT2D eigenvalue weighted by Crippen LogP contribution is -2.37. The minimum absolute atomic E-state index is 0.344. The van der Waals surface area contributed by atoms with Crippen molar-refractivity contribution in [1.29, 1.82) is 0 Å². The lowest BCUT2D eigenvalue weighted by atomic mass is 10.3. The van der Waals surface area contributed by atoms with Crippen molar-refractivity contribution >= 4 is 0 Å². The van der Waals surface area contributed by atoms with Crippen LogP contribution in [0.15, 0.2) is 40.2 Å². The van der Waals surface area contributed by atoms with Crippen LogP contribution in [0.3, 0.4) is 0 Å². The lowest BCUT2D eigenvalue weighted by molar-refractivity contribution is 0.727. The van der Waals surface area contributed by atoms with Gasteiger partial charge in [-0.2, -0.15) is 0 Å². The lowest BCUT2D eigenvalue weighted by Gasteiger charge is -2.05. The van der Waals surface area contributed by atoms with E-state index in [2.05, 4.69) is 4.98 Å². The third kappa shape index (κ3) is 1.67. The SMILES string of the molecule is Cc1ccc(-n2c(=O)ccn(C)c2=O)nc1. The average molecular weight is 217 g/mol. The summed E-state index contributed by atoms with van der Waals surface area (Å²) in [4.78, 5) is 27.4. The molecule has 0 aliphatic carbocycles. The van der Waals surface area contributed by atoms with E-state index in [0.717, 1.165) is 10.1 Å². The molecule has 16 heavy (non-hydrogen) atoms. The molecule has 0 aliphatic heterocycles. The minimum Gasteiger partial charge on any atom is -0.303 e. The van der Waals surface area contributed by atoms with Gasteiger partial charge in [-0.25, -0.2) is 14.3 Å². The van der Waals surface area contributed by atoms with Gasteiger partial charge in [0.15, 0.2) is 0 Å². The van der Waals surface area contributed by atoms with Crippen LogP contribution in [0.5, 0.6) is 0 Å². The number of aryl methyl sites for hydroxylation is 2. The Morgan fingerprint density at radius 1 is 1.19 bits per heavy atom. The van der Waals surface area contributed by atoms with Crippen LogP contribution in [0.25, 0.3) is 5.82 Å². The molecule has 0 radical (unpaired) electrons. The highest BCUT2D eigenvalue weighted by Gasteiger charge is 2.05.